The van der Waals surface area contributed by atoms with E-state index >= 15 is 0 Å². The van der Waals surface area contributed by atoms with Gasteiger partial charge in [-0.3, -0.25) is 4.79 Å². The molecule has 1 amide bonds. The van der Waals surface area contributed by atoms with Gasteiger partial charge in [0.2, 0.25) is 0 Å². The predicted octanol–water partition coefficient (Wildman–Crippen LogP) is 2.27. The van der Waals surface area contributed by atoms with Crippen molar-refractivity contribution in [3.63, 3.8) is 0 Å². The minimum atomic E-state index is 0.0221. The minimum absolute atomic E-state index is 0.0221. The average Bonchev–Trinajstić information content (AvgIpc) is 3.12. The molecule has 5 heteroatoms. The summed E-state index contributed by atoms with van der Waals surface area (Å²) in [5.41, 5.74) is 7.86. The highest BCUT2D eigenvalue weighted by Crippen LogP contribution is 2.35. The molecule has 1 fully saturated rings. The number of ether oxygens (including phenoxy) is 2. The zero-order valence-electron chi connectivity index (χ0n) is 14.1. The Labute approximate surface area is 147 Å². The second kappa shape index (κ2) is 6.76. The maximum absolute atomic E-state index is 13.0. The molecule has 2 N–H and O–H groups in total. The highest BCUT2D eigenvalue weighted by atomic mass is 16.6. The lowest BCUT2D eigenvalue weighted by molar-refractivity contribution is 0.0785. The number of carbonyl (C=O) groups excluding carboxylic acids is 1. The third-order valence-electron chi connectivity index (χ3n) is 5.05. The fourth-order valence-electron chi connectivity index (χ4n) is 3.71. The number of rotatable bonds is 3. The molecule has 1 saturated heterocycles. The summed E-state index contributed by atoms with van der Waals surface area (Å²) in [5.74, 6) is 1.93. The average molecular weight is 338 g/mol. The van der Waals surface area contributed by atoms with Gasteiger partial charge in [-0.1, -0.05) is 30.3 Å². The van der Waals surface area contributed by atoms with E-state index in [0.29, 0.717) is 49.9 Å². The lowest BCUT2D eigenvalue weighted by Gasteiger charge is -2.21. The zero-order chi connectivity index (χ0) is 17.2. The van der Waals surface area contributed by atoms with E-state index in [0.717, 1.165) is 0 Å². The summed E-state index contributed by atoms with van der Waals surface area (Å²) >= 11 is 0. The van der Waals surface area contributed by atoms with E-state index in [1.54, 1.807) is 6.07 Å². The van der Waals surface area contributed by atoms with Gasteiger partial charge in [-0.15, -0.1) is 0 Å². The third-order valence-corrected chi connectivity index (χ3v) is 5.05. The predicted molar refractivity (Wildman–Crippen MR) is 95.1 cm³/mol. The molecular weight excluding hydrogens is 316 g/mol. The Morgan fingerprint density at radius 1 is 1.04 bits per heavy atom. The molecule has 2 aromatic carbocycles. The first-order valence-corrected chi connectivity index (χ1v) is 8.70. The lowest BCUT2D eigenvalue weighted by atomic mass is 9.89. The lowest BCUT2D eigenvalue weighted by Crippen LogP contribution is -2.30. The van der Waals surface area contributed by atoms with E-state index in [9.17, 15) is 4.79 Å². The van der Waals surface area contributed by atoms with Crippen molar-refractivity contribution in [3.8, 4) is 11.5 Å². The van der Waals surface area contributed by atoms with Crippen LogP contribution in [-0.4, -0.2) is 43.7 Å². The monoisotopic (exact) mass is 338 g/mol. The summed E-state index contributed by atoms with van der Waals surface area (Å²) in [6.45, 7) is 3.01. The van der Waals surface area contributed by atoms with Crippen molar-refractivity contribution >= 4 is 5.91 Å². The van der Waals surface area contributed by atoms with Crippen LogP contribution in [0.3, 0.4) is 0 Å². The molecule has 0 aromatic heterocycles. The highest BCUT2D eigenvalue weighted by Gasteiger charge is 2.35. The quantitative estimate of drug-likeness (QED) is 0.932. The van der Waals surface area contributed by atoms with Crippen molar-refractivity contribution in [2.45, 2.75) is 5.92 Å². The summed E-state index contributed by atoms with van der Waals surface area (Å²) in [4.78, 5) is 14.9. The van der Waals surface area contributed by atoms with Crippen LogP contribution in [0.25, 0.3) is 0 Å². The molecule has 0 unspecified atom stereocenters. The van der Waals surface area contributed by atoms with Gasteiger partial charge in [-0.2, -0.15) is 0 Å². The van der Waals surface area contributed by atoms with Gasteiger partial charge in [0.15, 0.2) is 11.5 Å². The van der Waals surface area contributed by atoms with Crippen LogP contribution in [0.4, 0.5) is 0 Å². The van der Waals surface area contributed by atoms with Gasteiger partial charge in [-0.25, -0.2) is 0 Å². The smallest absolute Gasteiger partial charge is 0.254 e. The molecule has 5 nitrogen and oxygen atoms in total. The number of fused-ring (bicyclic) bond motifs is 1. The maximum atomic E-state index is 13.0. The van der Waals surface area contributed by atoms with E-state index < -0.39 is 0 Å². The molecule has 0 spiro atoms. The SMILES string of the molecule is NC[C@@H]1CN(C(=O)c2ccc3c(c2)OCCO3)C[C@H]1c1ccccc1. The van der Waals surface area contributed by atoms with E-state index in [2.05, 4.69) is 12.1 Å². The summed E-state index contributed by atoms with van der Waals surface area (Å²) in [6, 6.07) is 15.7. The van der Waals surface area contributed by atoms with Crippen LogP contribution in [0.5, 0.6) is 11.5 Å². The van der Waals surface area contributed by atoms with Crippen molar-refractivity contribution in [2.24, 2.45) is 11.7 Å². The Hall–Kier alpha value is -2.53. The van der Waals surface area contributed by atoms with Gasteiger partial charge in [0, 0.05) is 24.6 Å². The Morgan fingerprint density at radius 3 is 2.56 bits per heavy atom. The molecule has 2 aromatic rings. The topological polar surface area (TPSA) is 64.8 Å². The number of amides is 1. The van der Waals surface area contributed by atoms with Crippen molar-refractivity contribution in [2.75, 3.05) is 32.8 Å². The van der Waals surface area contributed by atoms with E-state index in [1.807, 2.05) is 35.2 Å². The largest absolute Gasteiger partial charge is 0.486 e. The first-order valence-electron chi connectivity index (χ1n) is 8.70. The summed E-state index contributed by atoms with van der Waals surface area (Å²) in [7, 11) is 0. The number of nitrogens with zero attached hydrogens (tertiary/aromatic N) is 1. The Kier molecular flexibility index (Phi) is 4.32. The van der Waals surface area contributed by atoms with Crippen LogP contribution in [-0.2, 0) is 0 Å². The zero-order valence-corrected chi connectivity index (χ0v) is 14.1. The normalized spacial score (nSPS) is 22.0. The van der Waals surface area contributed by atoms with Crippen LogP contribution < -0.4 is 15.2 Å². The maximum Gasteiger partial charge on any atom is 0.254 e. The number of hydrogen-bond donors (Lipinski definition) is 1. The van der Waals surface area contributed by atoms with Gasteiger partial charge in [0.05, 0.1) is 0 Å². The van der Waals surface area contributed by atoms with Crippen molar-refractivity contribution in [1.82, 2.24) is 4.90 Å². The van der Waals surface area contributed by atoms with Gasteiger partial charge in [0.1, 0.15) is 13.2 Å². The molecule has 4 rings (SSSR count). The first-order chi connectivity index (χ1) is 12.3. The summed E-state index contributed by atoms with van der Waals surface area (Å²) in [5, 5.41) is 0. The number of hydrogen-bond acceptors (Lipinski definition) is 4. The molecule has 2 aliphatic heterocycles. The van der Waals surface area contributed by atoms with Gasteiger partial charge < -0.3 is 20.1 Å². The standard InChI is InChI=1S/C20H22N2O3/c21-11-16-12-22(13-17(16)14-4-2-1-3-5-14)20(23)15-6-7-18-19(10-15)25-9-8-24-18/h1-7,10,16-17H,8-9,11-13,21H2/t16-,17+/m1/s1. The van der Waals surface area contributed by atoms with Crippen LogP contribution in [0.2, 0.25) is 0 Å². The van der Waals surface area contributed by atoms with Gasteiger partial charge >= 0.3 is 0 Å². The molecular formula is C20H22N2O3. The molecule has 0 radical (unpaired) electrons. The van der Waals surface area contributed by atoms with Crippen LogP contribution in [0.15, 0.2) is 48.5 Å². The number of likely N-dealkylation sites (tertiary alicyclic amines) is 1. The number of nitrogens with two attached hydrogens (primary N) is 1. The second-order valence-corrected chi connectivity index (χ2v) is 6.58. The van der Waals surface area contributed by atoms with Crippen LogP contribution in [0.1, 0.15) is 21.8 Å². The Morgan fingerprint density at radius 2 is 1.80 bits per heavy atom. The molecule has 25 heavy (non-hydrogen) atoms. The first kappa shape index (κ1) is 16.0. The number of benzene rings is 2. The molecule has 0 aliphatic carbocycles. The van der Waals surface area contributed by atoms with E-state index in [1.165, 1.54) is 5.56 Å². The van der Waals surface area contributed by atoms with E-state index in [4.69, 9.17) is 15.2 Å². The van der Waals surface area contributed by atoms with Crippen molar-refractivity contribution < 1.29 is 14.3 Å². The molecule has 2 aliphatic rings. The van der Waals surface area contributed by atoms with E-state index in [-0.39, 0.29) is 17.7 Å². The molecule has 2 atom stereocenters. The summed E-state index contributed by atoms with van der Waals surface area (Å²) in [6.07, 6.45) is 0. The van der Waals surface area contributed by atoms with Gasteiger partial charge in [-0.05, 0) is 36.2 Å². The van der Waals surface area contributed by atoms with Crippen LogP contribution >= 0.6 is 0 Å². The summed E-state index contributed by atoms with van der Waals surface area (Å²) < 4.78 is 11.1. The van der Waals surface area contributed by atoms with Crippen LogP contribution in [0, 0.1) is 5.92 Å². The third kappa shape index (κ3) is 3.07. The highest BCUT2D eigenvalue weighted by molar-refractivity contribution is 5.95. The number of carbonyl (C=O) groups is 1. The Bertz CT molecular complexity index is 763. The molecule has 0 saturated carbocycles. The minimum Gasteiger partial charge on any atom is -0.486 e. The fraction of sp³-hybridized carbons (Fsp3) is 0.350. The van der Waals surface area contributed by atoms with Crippen molar-refractivity contribution in [1.29, 1.82) is 0 Å². The molecule has 0 bridgehead atoms. The van der Waals surface area contributed by atoms with Gasteiger partial charge in [0.25, 0.3) is 5.91 Å². The second-order valence-electron chi connectivity index (χ2n) is 6.58. The van der Waals surface area contributed by atoms with Crippen molar-refractivity contribution in [3.05, 3.63) is 59.7 Å². The fourth-order valence-corrected chi connectivity index (χ4v) is 3.71. The molecule has 2 heterocycles. The molecule has 130 valence electrons. The Balaban J connectivity index is 1.55.